The molecule has 0 saturated heterocycles. The first-order chi connectivity index (χ1) is 26.9. The van der Waals surface area contributed by atoms with E-state index in [0.717, 1.165) is 0 Å². The third kappa shape index (κ3) is 7.37. The van der Waals surface area contributed by atoms with E-state index < -0.39 is 23.3 Å². The summed E-state index contributed by atoms with van der Waals surface area (Å²) in [6.45, 7) is 3.57. The zero-order valence-electron chi connectivity index (χ0n) is 30.6. The first-order valence-electron chi connectivity index (χ1n) is 17.5. The average molecular weight is 763 g/mol. The number of nitrogens with one attached hydrogen (secondary N) is 2. The third-order valence-electron chi connectivity index (χ3n) is 9.48. The molecule has 2 atom stereocenters. The first kappa shape index (κ1) is 37.6. The van der Waals surface area contributed by atoms with Crippen LogP contribution in [0.4, 0.5) is 17.6 Å². The summed E-state index contributed by atoms with van der Waals surface area (Å²) in [4.78, 5) is 42.3. The molecule has 10 nitrogen and oxygen atoms in total. The molecule has 0 spiro atoms. The standard InChI is InChI=1S/2C21H17F2N3O2/c2*1-11-20-18(21(27)25-11)12(8-13-6-7-14(28-2)10-24-13)9-17(26-20)19-15(22)4-3-5-16(19)23/h2*3-7,9-11H,8H2,1-2H3,(H,25,27)/t11-;/m0./s1. The Hall–Kier alpha value is -6.70. The highest BCUT2D eigenvalue weighted by atomic mass is 19.1. The van der Waals surface area contributed by atoms with Crippen LogP contribution in [0.3, 0.4) is 0 Å². The molecule has 0 saturated carbocycles. The van der Waals surface area contributed by atoms with E-state index in [0.29, 0.717) is 69.4 Å². The van der Waals surface area contributed by atoms with E-state index in [9.17, 15) is 27.2 Å². The van der Waals surface area contributed by atoms with Gasteiger partial charge >= 0.3 is 0 Å². The normalized spacial score (nSPS) is 15.3. The maximum atomic E-state index is 14.3. The van der Waals surface area contributed by atoms with Gasteiger partial charge in [-0.3, -0.25) is 19.6 Å². The minimum Gasteiger partial charge on any atom is -0.495 e. The Kier molecular flexibility index (Phi) is 10.5. The minimum absolute atomic E-state index is 0.154. The van der Waals surface area contributed by atoms with Gasteiger partial charge in [0.2, 0.25) is 0 Å². The van der Waals surface area contributed by atoms with Gasteiger partial charge in [-0.25, -0.2) is 27.5 Å². The van der Waals surface area contributed by atoms with Crippen molar-refractivity contribution in [2.75, 3.05) is 14.2 Å². The molecule has 0 aliphatic carbocycles. The van der Waals surface area contributed by atoms with E-state index in [2.05, 4.69) is 30.6 Å². The quantitative estimate of drug-likeness (QED) is 0.152. The van der Waals surface area contributed by atoms with Gasteiger partial charge in [-0.15, -0.1) is 0 Å². The molecule has 14 heteroatoms. The molecule has 2 amide bonds. The number of amides is 2. The van der Waals surface area contributed by atoms with Crippen LogP contribution in [0.2, 0.25) is 0 Å². The largest absolute Gasteiger partial charge is 0.495 e. The fourth-order valence-corrected chi connectivity index (χ4v) is 6.75. The molecule has 0 fully saturated rings. The minimum atomic E-state index is -0.703. The van der Waals surface area contributed by atoms with Crippen molar-refractivity contribution in [2.24, 2.45) is 0 Å². The lowest BCUT2D eigenvalue weighted by Gasteiger charge is -2.12. The van der Waals surface area contributed by atoms with Crippen molar-refractivity contribution in [3.05, 3.63) is 153 Å². The highest BCUT2D eigenvalue weighted by Gasteiger charge is 2.33. The molecule has 2 aliphatic rings. The number of carbonyl (C=O) groups is 2. The van der Waals surface area contributed by atoms with Gasteiger partial charge in [0.15, 0.2) is 0 Å². The lowest BCUT2D eigenvalue weighted by molar-refractivity contribution is 0.0949. The van der Waals surface area contributed by atoms with Crippen molar-refractivity contribution >= 4 is 11.8 Å². The molecular weight excluding hydrogens is 728 g/mol. The number of carbonyl (C=O) groups excluding carboxylic acids is 2. The van der Waals surface area contributed by atoms with E-state index in [1.807, 2.05) is 0 Å². The van der Waals surface area contributed by atoms with E-state index in [4.69, 9.17) is 9.47 Å². The highest BCUT2D eigenvalue weighted by molar-refractivity contribution is 6.01. The molecule has 56 heavy (non-hydrogen) atoms. The van der Waals surface area contributed by atoms with Crippen molar-refractivity contribution in [2.45, 2.75) is 38.8 Å². The number of pyridine rings is 4. The molecule has 0 radical (unpaired) electrons. The average Bonchev–Trinajstić information content (AvgIpc) is 3.64. The van der Waals surface area contributed by atoms with Gasteiger partial charge in [-0.1, -0.05) is 12.1 Å². The zero-order valence-corrected chi connectivity index (χ0v) is 30.6. The molecule has 2 aromatic carbocycles. The molecule has 6 aromatic rings. The number of fused-ring (bicyclic) bond motifs is 2. The number of benzene rings is 2. The molecule has 2 N–H and O–H groups in total. The predicted molar refractivity (Wildman–Crippen MR) is 198 cm³/mol. The van der Waals surface area contributed by atoms with Crippen LogP contribution in [-0.2, 0) is 12.8 Å². The number of aromatic nitrogens is 4. The number of nitrogens with zero attached hydrogens (tertiary/aromatic N) is 4. The maximum absolute atomic E-state index is 14.3. The van der Waals surface area contributed by atoms with E-state index in [1.165, 1.54) is 36.4 Å². The smallest absolute Gasteiger partial charge is 0.254 e. The maximum Gasteiger partial charge on any atom is 0.254 e. The molecule has 4 aromatic heterocycles. The summed E-state index contributed by atoms with van der Waals surface area (Å²) in [5, 5.41) is 5.61. The van der Waals surface area contributed by atoms with Gasteiger partial charge in [0.25, 0.3) is 11.8 Å². The van der Waals surface area contributed by atoms with Crippen LogP contribution in [0, 0.1) is 23.3 Å². The lowest BCUT2D eigenvalue weighted by atomic mass is 9.97. The fraction of sp³-hybridized carbons (Fsp3) is 0.190. The summed E-state index contributed by atoms with van der Waals surface area (Å²) in [5.74, 6) is -2.08. The second kappa shape index (κ2) is 15.6. The Balaban J connectivity index is 0.000000172. The van der Waals surface area contributed by atoms with Crippen LogP contribution >= 0.6 is 0 Å². The summed E-state index contributed by atoms with van der Waals surface area (Å²) in [6, 6.07) is 16.9. The summed E-state index contributed by atoms with van der Waals surface area (Å²) in [5.41, 5.74) is 4.34. The molecule has 1 unspecified atom stereocenters. The van der Waals surface area contributed by atoms with Gasteiger partial charge < -0.3 is 20.1 Å². The van der Waals surface area contributed by atoms with Crippen LogP contribution in [0.5, 0.6) is 11.5 Å². The zero-order chi connectivity index (χ0) is 39.7. The van der Waals surface area contributed by atoms with E-state index >= 15 is 0 Å². The van der Waals surface area contributed by atoms with Crippen molar-refractivity contribution in [1.29, 1.82) is 0 Å². The van der Waals surface area contributed by atoms with Gasteiger partial charge in [0, 0.05) is 24.2 Å². The number of rotatable bonds is 8. The summed E-state index contributed by atoms with van der Waals surface area (Å²) < 4.78 is 67.5. The van der Waals surface area contributed by atoms with Gasteiger partial charge in [0.05, 0.1) is 83.7 Å². The predicted octanol–water partition coefficient (Wildman–Crippen LogP) is 7.65. The summed E-state index contributed by atoms with van der Waals surface area (Å²) >= 11 is 0. The number of methoxy groups -OCH3 is 2. The fourth-order valence-electron chi connectivity index (χ4n) is 6.75. The summed E-state index contributed by atoms with van der Waals surface area (Å²) in [6.07, 6.45) is 3.80. The van der Waals surface area contributed by atoms with Gasteiger partial charge in [-0.2, -0.15) is 0 Å². The highest BCUT2D eigenvalue weighted by Crippen LogP contribution is 2.35. The second-order valence-corrected chi connectivity index (χ2v) is 13.2. The Morgan fingerprint density at radius 1 is 0.571 bits per heavy atom. The lowest BCUT2D eigenvalue weighted by Crippen LogP contribution is -2.17. The van der Waals surface area contributed by atoms with Crippen LogP contribution in [0.25, 0.3) is 22.5 Å². The van der Waals surface area contributed by atoms with Crippen molar-refractivity contribution in [3.8, 4) is 34.0 Å². The summed E-state index contributed by atoms with van der Waals surface area (Å²) in [7, 11) is 3.10. The van der Waals surface area contributed by atoms with Gasteiger partial charge in [0.1, 0.15) is 34.8 Å². The van der Waals surface area contributed by atoms with Crippen LogP contribution in [0.1, 0.15) is 80.5 Å². The Morgan fingerprint density at radius 3 is 1.27 bits per heavy atom. The molecule has 6 heterocycles. The molecule has 0 bridgehead atoms. The van der Waals surface area contributed by atoms with Crippen molar-refractivity contribution in [1.82, 2.24) is 30.6 Å². The monoisotopic (exact) mass is 762 g/mol. The van der Waals surface area contributed by atoms with Crippen molar-refractivity contribution < 1.29 is 36.6 Å². The molecular formula is C42H34F4N6O4. The number of hydrogen-bond donors (Lipinski definition) is 2. The number of halogens is 4. The first-order valence-corrected chi connectivity index (χ1v) is 17.5. The van der Waals surface area contributed by atoms with E-state index in [1.54, 1.807) is 76.9 Å². The molecule has 8 rings (SSSR count). The SMILES string of the molecule is COc1ccc(Cc2cc(-c3c(F)cccc3F)nc3c2C(=O)NC3C)nc1.COc1ccc(Cc2cc(-c3c(F)cccc3F)nc3c2C(=O)N[C@H]3C)nc1. The number of ether oxygens (including phenoxy) is 2. The van der Waals surface area contributed by atoms with Crippen LogP contribution in [0.15, 0.2) is 85.2 Å². The Bertz CT molecular complexity index is 2270. The molecule has 284 valence electrons. The van der Waals surface area contributed by atoms with Crippen LogP contribution < -0.4 is 20.1 Å². The Labute approximate surface area is 319 Å². The van der Waals surface area contributed by atoms with Crippen molar-refractivity contribution in [3.63, 3.8) is 0 Å². The third-order valence-corrected chi connectivity index (χ3v) is 9.48. The second-order valence-electron chi connectivity index (χ2n) is 13.2. The van der Waals surface area contributed by atoms with E-state index in [-0.39, 0.29) is 46.4 Å². The topological polar surface area (TPSA) is 128 Å². The number of hydrogen-bond acceptors (Lipinski definition) is 8. The molecule has 2 aliphatic heterocycles. The van der Waals surface area contributed by atoms with Gasteiger partial charge in [-0.05, 0) is 85.6 Å². The Morgan fingerprint density at radius 2 is 0.946 bits per heavy atom. The van der Waals surface area contributed by atoms with Crippen LogP contribution in [-0.4, -0.2) is 46.0 Å².